The molecule has 44 valence electrons. The average Bonchev–Trinajstić information content (AvgIpc) is 2.19. The van der Waals surface area contributed by atoms with Crippen LogP contribution in [0.3, 0.4) is 0 Å². The van der Waals surface area contributed by atoms with Gasteiger partial charge in [0.25, 0.3) is 0 Å². The molecule has 0 spiro atoms. The molecule has 0 N–H and O–H groups in total. The summed E-state index contributed by atoms with van der Waals surface area (Å²) in [6, 6.07) is 1.86. The summed E-state index contributed by atoms with van der Waals surface area (Å²) in [6.45, 7) is 2.08. The predicted octanol–water partition coefficient (Wildman–Crippen LogP) is 1.79. The lowest BCUT2D eigenvalue weighted by atomic mass is 10.8. The molecule has 1 aromatic rings. The van der Waals surface area contributed by atoms with Crippen molar-refractivity contribution in [1.29, 1.82) is 0 Å². The fourth-order valence-electron chi connectivity index (χ4n) is 0.424. The van der Waals surface area contributed by atoms with Crippen LogP contribution in [0.25, 0.3) is 0 Å². The highest BCUT2D eigenvalue weighted by atomic mass is 32.2. The Balaban J connectivity index is 2.50. The molecule has 0 fully saturated rings. The van der Waals surface area contributed by atoms with Crippen molar-refractivity contribution >= 4 is 11.8 Å². The SMILES string of the molecule is CCSc1ccon1. The molecular formula is C5H7NOS. The average molecular weight is 129 g/mol. The normalized spacial score (nSPS) is 9.62. The summed E-state index contributed by atoms with van der Waals surface area (Å²) >= 11 is 1.68. The molecule has 0 aliphatic rings. The van der Waals surface area contributed by atoms with E-state index in [2.05, 4.69) is 16.6 Å². The van der Waals surface area contributed by atoms with Gasteiger partial charge in [0, 0.05) is 6.07 Å². The topological polar surface area (TPSA) is 26.0 Å². The third-order valence-electron chi connectivity index (χ3n) is 0.706. The minimum Gasteiger partial charge on any atom is -0.364 e. The number of hydrogen-bond donors (Lipinski definition) is 0. The van der Waals surface area contributed by atoms with Crippen molar-refractivity contribution in [3.05, 3.63) is 12.3 Å². The van der Waals surface area contributed by atoms with Crippen molar-refractivity contribution in [2.24, 2.45) is 0 Å². The lowest BCUT2D eigenvalue weighted by molar-refractivity contribution is 0.404. The van der Waals surface area contributed by atoms with Crippen molar-refractivity contribution < 1.29 is 4.52 Å². The molecular weight excluding hydrogens is 122 g/mol. The van der Waals surface area contributed by atoms with E-state index in [1.165, 1.54) is 0 Å². The van der Waals surface area contributed by atoms with Gasteiger partial charge in [-0.15, -0.1) is 11.8 Å². The van der Waals surface area contributed by atoms with Crippen LogP contribution in [0.5, 0.6) is 0 Å². The predicted molar refractivity (Wildman–Crippen MR) is 32.9 cm³/mol. The van der Waals surface area contributed by atoms with Crippen molar-refractivity contribution in [3.8, 4) is 0 Å². The van der Waals surface area contributed by atoms with Crippen molar-refractivity contribution in [1.82, 2.24) is 5.16 Å². The van der Waals surface area contributed by atoms with E-state index < -0.39 is 0 Å². The number of hydrogen-bond acceptors (Lipinski definition) is 3. The third-order valence-corrected chi connectivity index (χ3v) is 1.50. The molecule has 0 atom stereocenters. The third kappa shape index (κ3) is 1.26. The molecule has 0 aromatic carbocycles. The monoisotopic (exact) mass is 129 g/mol. The molecule has 8 heavy (non-hydrogen) atoms. The minimum atomic E-state index is 0.965. The lowest BCUT2D eigenvalue weighted by Crippen LogP contribution is -1.67. The van der Waals surface area contributed by atoms with Crippen LogP contribution in [0.4, 0.5) is 0 Å². The van der Waals surface area contributed by atoms with Gasteiger partial charge in [0.15, 0.2) is 0 Å². The number of rotatable bonds is 2. The van der Waals surface area contributed by atoms with Gasteiger partial charge < -0.3 is 4.52 Å². The Hall–Kier alpha value is -0.440. The van der Waals surface area contributed by atoms with Crippen LogP contribution in [0.1, 0.15) is 6.92 Å². The molecule has 0 aliphatic heterocycles. The highest BCUT2D eigenvalue weighted by Gasteiger charge is 1.90. The van der Waals surface area contributed by atoms with E-state index in [1.807, 2.05) is 6.07 Å². The van der Waals surface area contributed by atoms with Crippen molar-refractivity contribution in [3.63, 3.8) is 0 Å². The maximum atomic E-state index is 4.60. The van der Waals surface area contributed by atoms with Crippen LogP contribution in [0.15, 0.2) is 21.9 Å². The second-order valence-corrected chi connectivity index (χ2v) is 2.55. The van der Waals surface area contributed by atoms with Gasteiger partial charge >= 0.3 is 0 Å². The van der Waals surface area contributed by atoms with Gasteiger partial charge in [0.1, 0.15) is 11.3 Å². The Kier molecular flexibility index (Phi) is 1.97. The first-order chi connectivity index (χ1) is 3.93. The molecule has 0 saturated heterocycles. The number of thioether (sulfide) groups is 1. The van der Waals surface area contributed by atoms with Crippen LogP contribution in [0, 0.1) is 0 Å². The van der Waals surface area contributed by atoms with Crippen LogP contribution in [0.2, 0.25) is 0 Å². The lowest BCUT2D eigenvalue weighted by Gasteiger charge is -1.82. The maximum Gasteiger partial charge on any atom is 0.139 e. The molecule has 0 amide bonds. The summed E-state index contributed by atoms with van der Waals surface area (Å²) in [5.41, 5.74) is 0. The van der Waals surface area contributed by atoms with E-state index in [9.17, 15) is 0 Å². The van der Waals surface area contributed by atoms with Crippen molar-refractivity contribution in [2.75, 3.05) is 5.75 Å². The van der Waals surface area contributed by atoms with Crippen LogP contribution >= 0.6 is 11.8 Å². The zero-order chi connectivity index (χ0) is 5.82. The van der Waals surface area contributed by atoms with E-state index in [-0.39, 0.29) is 0 Å². The second kappa shape index (κ2) is 2.77. The first kappa shape index (κ1) is 5.69. The summed E-state index contributed by atoms with van der Waals surface area (Å²) in [7, 11) is 0. The van der Waals surface area contributed by atoms with E-state index in [0.29, 0.717) is 0 Å². The first-order valence-electron chi connectivity index (χ1n) is 2.46. The summed E-state index contributed by atoms with van der Waals surface area (Å²) < 4.78 is 4.60. The molecule has 0 bridgehead atoms. The van der Waals surface area contributed by atoms with Crippen molar-refractivity contribution in [2.45, 2.75) is 11.9 Å². The molecule has 2 nitrogen and oxygen atoms in total. The standard InChI is InChI=1S/C5H7NOS/c1-2-8-5-3-4-7-6-5/h3-4H,2H2,1H3. The Morgan fingerprint density at radius 3 is 3.25 bits per heavy atom. The maximum absolute atomic E-state index is 4.60. The number of aromatic nitrogens is 1. The van der Waals surface area contributed by atoms with Gasteiger partial charge in [-0.05, 0) is 5.75 Å². The van der Waals surface area contributed by atoms with E-state index in [1.54, 1.807) is 18.0 Å². The van der Waals surface area contributed by atoms with Gasteiger partial charge in [-0.25, -0.2) is 0 Å². The second-order valence-electron chi connectivity index (χ2n) is 1.27. The molecule has 1 aromatic heterocycles. The smallest absolute Gasteiger partial charge is 0.139 e. The fourth-order valence-corrected chi connectivity index (χ4v) is 0.967. The van der Waals surface area contributed by atoms with Crippen LogP contribution in [-0.2, 0) is 0 Å². The Bertz CT molecular complexity index is 138. The molecule has 1 heterocycles. The quantitative estimate of drug-likeness (QED) is 0.569. The summed E-state index contributed by atoms with van der Waals surface area (Å²) in [6.07, 6.45) is 1.58. The van der Waals surface area contributed by atoms with Crippen LogP contribution in [-0.4, -0.2) is 10.9 Å². The van der Waals surface area contributed by atoms with Gasteiger partial charge in [0.05, 0.1) is 0 Å². The number of nitrogens with zero attached hydrogens (tertiary/aromatic N) is 1. The van der Waals surface area contributed by atoms with Gasteiger partial charge in [-0.2, -0.15) is 0 Å². The summed E-state index contributed by atoms with van der Waals surface area (Å²) in [5, 5.41) is 4.66. The Labute approximate surface area is 52.2 Å². The van der Waals surface area contributed by atoms with Gasteiger partial charge in [0.2, 0.25) is 0 Å². The minimum absolute atomic E-state index is 0.965. The van der Waals surface area contributed by atoms with E-state index >= 15 is 0 Å². The molecule has 0 radical (unpaired) electrons. The Morgan fingerprint density at radius 2 is 2.75 bits per heavy atom. The molecule has 0 unspecified atom stereocenters. The molecule has 3 heteroatoms. The summed E-state index contributed by atoms with van der Waals surface area (Å²) in [4.78, 5) is 0. The molecule has 0 saturated carbocycles. The van der Waals surface area contributed by atoms with Crippen LogP contribution < -0.4 is 0 Å². The summed E-state index contributed by atoms with van der Waals surface area (Å²) in [5.74, 6) is 1.05. The van der Waals surface area contributed by atoms with Gasteiger partial charge in [-0.3, -0.25) is 0 Å². The highest BCUT2D eigenvalue weighted by Crippen LogP contribution is 2.12. The van der Waals surface area contributed by atoms with Gasteiger partial charge in [-0.1, -0.05) is 12.1 Å². The zero-order valence-corrected chi connectivity index (χ0v) is 5.44. The molecule has 0 aliphatic carbocycles. The Morgan fingerprint density at radius 1 is 1.88 bits per heavy atom. The zero-order valence-electron chi connectivity index (χ0n) is 4.63. The van der Waals surface area contributed by atoms with E-state index in [4.69, 9.17) is 0 Å². The highest BCUT2D eigenvalue weighted by molar-refractivity contribution is 7.99. The molecule has 1 rings (SSSR count). The fraction of sp³-hybridized carbons (Fsp3) is 0.400. The first-order valence-corrected chi connectivity index (χ1v) is 3.45. The largest absolute Gasteiger partial charge is 0.364 e. The van der Waals surface area contributed by atoms with E-state index in [0.717, 1.165) is 10.8 Å².